The fourth-order valence-corrected chi connectivity index (χ4v) is 5.39. The van der Waals surface area contributed by atoms with Crippen LogP contribution < -0.4 is 10.0 Å². The topological polar surface area (TPSA) is 88.4 Å². The minimum Gasteiger partial charge on any atom is -0.369 e. The Morgan fingerprint density at radius 3 is 2.53 bits per heavy atom. The number of hydrogen-bond acceptors (Lipinski definition) is 5. The molecule has 4 aromatic rings. The predicted octanol–water partition coefficient (Wildman–Crippen LogP) is 5.51. The quantitative estimate of drug-likeness (QED) is 0.284. The standard InChI is InChI=1S/C20H15BrCl3N5O2S/c21-13-11-26-29-18(10-16(28-20(13)29)12-4-1-2-5-14(12)22)25-8-9-27-32(30,31)17-7-3-6-15(23)19(17)24/h1-7,10-11,25,27H,8-9H2. The van der Waals surface area contributed by atoms with Crippen molar-refractivity contribution in [1.82, 2.24) is 19.3 Å². The molecule has 0 radical (unpaired) electrons. The van der Waals surface area contributed by atoms with Crippen LogP contribution in [0.1, 0.15) is 0 Å². The average Bonchev–Trinajstić information content (AvgIpc) is 3.14. The zero-order valence-electron chi connectivity index (χ0n) is 16.2. The van der Waals surface area contributed by atoms with E-state index in [9.17, 15) is 8.42 Å². The van der Waals surface area contributed by atoms with Gasteiger partial charge in [0.05, 0.1) is 26.4 Å². The highest BCUT2D eigenvalue weighted by Gasteiger charge is 2.19. The monoisotopic (exact) mass is 573 g/mol. The van der Waals surface area contributed by atoms with Crippen molar-refractivity contribution in [2.24, 2.45) is 0 Å². The maximum atomic E-state index is 12.6. The van der Waals surface area contributed by atoms with Gasteiger partial charge in [-0.15, -0.1) is 0 Å². The van der Waals surface area contributed by atoms with Gasteiger partial charge in [0.25, 0.3) is 0 Å². The van der Waals surface area contributed by atoms with Gasteiger partial charge in [-0.3, -0.25) is 0 Å². The second-order valence-electron chi connectivity index (χ2n) is 6.61. The summed E-state index contributed by atoms with van der Waals surface area (Å²) >= 11 is 21.8. The van der Waals surface area contributed by atoms with Crippen LogP contribution in [0.5, 0.6) is 0 Å². The molecule has 0 spiro atoms. The maximum absolute atomic E-state index is 12.6. The molecule has 2 aromatic carbocycles. The zero-order chi connectivity index (χ0) is 22.9. The molecule has 12 heteroatoms. The van der Waals surface area contributed by atoms with Gasteiger partial charge in [-0.2, -0.15) is 9.61 Å². The lowest BCUT2D eigenvalue weighted by Gasteiger charge is -2.13. The van der Waals surface area contributed by atoms with Crippen molar-refractivity contribution in [3.8, 4) is 11.3 Å². The molecule has 0 aliphatic carbocycles. The summed E-state index contributed by atoms with van der Waals surface area (Å²) < 4.78 is 30.0. The largest absolute Gasteiger partial charge is 0.369 e. The first-order valence-corrected chi connectivity index (χ1v) is 12.7. The molecule has 2 heterocycles. The first-order chi connectivity index (χ1) is 15.3. The number of aromatic nitrogens is 3. The van der Waals surface area contributed by atoms with E-state index in [-0.39, 0.29) is 28.0 Å². The molecule has 0 amide bonds. The van der Waals surface area contributed by atoms with Crippen molar-refractivity contribution in [2.45, 2.75) is 4.90 Å². The van der Waals surface area contributed by atoms with Crippen LogP contribution >= 0.6 is 50.7 Å². The number of nitrogens with zero attached hydrogens (tertiary/aromatic N) is 3. The molecule has 0 atom stereocenters. The Morgan fingerprint density at radius 1 is 1.00 bits per heavy atom. The summed E-state index contributed by atoms with van der Waals surface area (Å²) in [5.74, 6) is 0.621. The van der Waals surface area contributed by atoms with Crippen molar-refractivity contribution in [1.29, 1.82) is 0 Å². The lowest BCUT2D eigenvalue weighted by Crippen LogP contribution is -2.29. The van der Waals surface area contributed by atoms with Crippen LogP contribution in [0.15, 0.2) is 64.1 Å². The predicted molar refractivity (Wildman–Crippen MR) is 131 cm³/mol. The van der Waals surface area contributed by atoms with E-state index in [0.717, 1.165) is 5.56 Å². The van der Waals surface area contributed by atoms with Crippen molar-refractivity contribution in [3.05, 3.63) is 74.3 Å². The molecule has 4 rings (SSSR count). The second-order valence-corrected chi connectivity index (χ2v) is 10.4. The Morgan fingerprint density at radius 2 is 1.75 bits per heavy atom. The van der Waals surface area contributed by atoms with E-state index < -0.39 is 10.0 Å². The van der Waals surface area contributed by atoms with E-state index in [1.54, 1.807) is 22.8 Å². The minimum atomic E-state index is -3.83. The molecule has 0 aliphatic rings. The second kappa shape index (κ2) is 9.54. The number of rotatable bonds is 7. The number of hydrogen-bond donors (Lipinski definition) is 2. The number of benzene rings is 2. The number of sulfonamides is 1. The molecule has 2 N–H and O–H groups in total. The number of anilines is 1. The number of halogens is 4. The normalized spacial score (nSPS) is 11.8. The van der Waals surface area contributed by atoms with Crippen LogP contribution in [0.2, 0.25) is 15.1 Å². The van der Waals surface area contributed by atoms with Crippen LogP contribution in [0.3, 0.4) is 0 Å². The first kappa shape index (κ1) is 23.3. The first-order valence-electron chi connectivity index (χ1n) is 9.24. The Hall–Kier alpha value is -1.88. The molecule has 0 saturated heterocycles. The van der Waals surface area contributed by atoms with Crippen molar-refractivity contribution in [2.75, 3.05) is 18.4 Å². The number of nitrogens with one attached hydrogen (secondary N) is 2. The molecule has 7 nitrogen and oxygen atoms in total. The average molecular weight is 576 g/mol. The lowest BCUT2D eigenvalue weighted by atomic mass is 10.1. The van der Waals surface area contributed by atoms with Crippen LogP contribution in [-0.2, 0) is 10.0 Å². The summed E-state index contributed by atoms with van der Waals surface area (Å²) in [6.07, 6.45) is 1.63. The third-order valence-electron chi connectivity index (χ3n) is 4.51. The lowest BCUT2D eigenvalue weighted by molar-refractivity contribution is 0.583. The van der Waals surface area contributed by atoms with Gasteiger partial charge in [-0.1, -0.05) is 59.1 Å². The highest BCUT2D eigenvalue weighted by Crippen LogP contribution is 2.31. The summed E-state index contributed by atoms with van der Waals surface area (Å²) in [6.45, 7) is 0.370. The van der Waals surface area contributed by atoms with Gasteiger partial charge in [0.15, 0.2) is 5.65 Å². The van der Waals surface area contributed by atoms with E-state index in [4.69, 9.17) is 34.8 Å². The Kier molecular flexibility index (Phi) is 6.94. The summed E-state index contributed by atoms with van der Waals surface area (Å²) in [6, 6.07) is 13.6. The highest BCUT2D eigenvalue weighted by atomic mass is 79.9. The van der Waals surface area contributed by atoms with Crippen LogP contribution in [0.25, 0.3) is 16.9 Å². The number of fused-ring (bicyclic) bond motifs is 1. The molecule has 2 aromatic heterocycles. The molecular weight excluding hydrogens is 561 g/mol. The van der Waals surface area contributed by atoms with Crippen LogP contribution in [0.4, 0.5) is 5.82 Å². The molecule has 0 aliphatic heterocycles. The van der Waals surface area contributed by atoms with E-state index in [2.05, 4.69) is 36.1 Å². The summed E-state index contributed by atoms with van der Waals surface area (Å²) in [5.41, 5.74) is 2.01. The van der Waals surface area contributed by atoms with Crippen LogP contribution in [-0.4, -0.2) is 36.1 Å². The summed E-state index contributed by atoms with van der Waals surface area (Å²) in [4.78, 5) is 4.57. The van der Waals surface area contributed by atoms with Gasteiger partial charge in [-0.25, -0.2) is 18.1 Å². The van der Waals surface area contributed by atoms with Gasteiger partial charge in [0.1, 0.15) is 10.7 Å². The summed E-state index contributed by atoms with van der Waals surface area (Å²) in [5, 5.41) is 8.22. The molecule has 0 bridgehead atoms. The van der Waals surface area contributed by atoms with Crippen LogP contribution in [0, 0.1) is 0 Å². The van der Waals surface area contributed by atoms with E-state index in [1.807, 2.05) is 18.2 Å². The fourth-order valence-electron chi connectivity index (χ4n) is 3.01. The van der Waals surface area contributed by atoms with Gasteiger partial charge in [0, 0.05) is 29.7 Å². The van der Waals surface area contributed by atoms with Crippen molar-refractivity contribution < 1.29 is 8.42 Å². The SMILES string of the molecule is O=S(=O)(NCCNc1cc(-c2ccccc2Cl)nc2c(Br)cnn12)c1cccc(Cl)c1Cl. The molecule has 32 heavy (non-hydrogen) atoms. The highest BCUT2D eigenvalue weighted by molar-refractivity contribution is 9.10. The summed E-state index contributed by atoms with van der Waals surface area (Å²) in [7, 11) is -3.83. The Balaban J connectivity index is 1.55. The van der Waals surface area contributed by atoms with E-state index >= 15 is 0 Å². The molecule has 0 saturated carbocycles. The minimum absolute atomic E-state index is 0.0174. The van der Waals surface area contributed by atoms with Gasteiger partial charge in [-0.05, 0) is 34.1 Å². The van der Waals surface area contributed by atoms with Gasteiger partial charge in [0.2, 0.25) is 10.0 Å². The van der Waals surface area contributed by atoms with E-state index in [1.165, 1.54) is 18.2 Å². The Bertz CT molecular complexity index is 1410. The molecular formula is C20H15BrCl3N5O2S. The molecule has 0 unspecified atom stereocenters. The molecule has 166 valence electrons. The zero-order valence-corrected chi connectivity index (χ0v) is 20.9. The van der Waals surface area contributed by atoms with Crippen molar-refractivity contribution in [3.63, 3.8) is 0 Å². The third-order valence-corrected chi connectivity index (χ3v) is 7.83. The smallest absolute Gasteiger partial charge is 0.242 e. The Labute approximate surface area is 207 Å². The maximum Gasteiger partial charge on any atom is 0.242 e. The van der Waals surface area contributed by atoms with E-state index in [0.29, 0.717) is 26.7 Å². The third kappa shape index (κ3) is 4.73. The van der Waals surface area contributed by atoms with Gasteiger partial charge >= 0.3 is 0 Å². The fraction of sp³-hybridized carbons (Fsp3) is 0.100. The van der Waals surface area contributed by atoms with Crippen molar-refractivity contribution >= 4 is 72.2 Å². The van der Waals surface area contributed by atoms with Gasteiger partial charge < -0.3 is 5.32 Å². The molecule has 0 fully saturated rings.